The number of carbonyl (C=O) groups is 1. The molecule has 26 heavy (non-hydrogen) atoms. The second-order valence-electron chi connectivity index (χ2n) is 6.75. The van der Waals surface area contributed by atoms with Gasteiger partial charge in [-0.05, 0) is 49.2 Å². The van der Waals surface area contributed by atoms with E-state index in [0.29, 0.717) is 12.8 Å². The zero-order valence-electron chi connectivity index (χ0n) is 15.5. The van der Waals surface area contributed by atoms with Crippen molar-refractivity contribution in [3.63, 3.8) is 0 Å². The van der Waals surface area contributed by atoms with Crippen LogP contribution in [0.1, 0.15) is 24.2 Å². The molecule has 1 fully saturated rings. The third-order valence-corrected chi connectivity index (χ3v) is 4.99. The van der Waals surface area contributed by atoms with E-state index < -0.39 is 0 Å². The number of rotatable bonds is 8. The van der Waals surface area contributed by atoms with Gasteiger partial charge in [0.05, 0.1) is 13.4 Å². The Bertz CT molecular complexity index is 659. The van der Waals surface area contributed by atoms with E-state index in [0.717, 1.165) is 57.1 Å². The molecule has 1 aromatic carbocycles. The maximum Gasteiger partial charge on any atom is 0.223 e. The van der Waals surface area contributed by atoms with Gasteiger partial charge in [-0.1, -0.05) is 12.1 Å². The van der Waals surface area contributed by atoms with Crippen LogP contribution in [0.15, 0.2) is 47.1 Å². The Morgan fingerprint density at radius 2 is 1.85 bits per heavy atom. The Balaban J connectivity index is 1.32. The molecule has 140 valence electrons. The highest BCUT2D eigenvalue weighted by Gasteiger charge is 2.20. The molecule has 0 radical (unpaired) electrons. The fourth-order valence-electron chi connectivity index (χ4n) is 3.36. The molecule has 0 spiro atoms. The molecular formula is C21H28N2O3. The summed E-state index contributed by atoms with van der Waals surface area (Å²) in [4.78, 5) is 16.8. The lowest BCUT2D eigenvalue weighted by Gasteiger charge is -2.34. The predicted molar refractivity (Wildman–Crippen MR) is 101 cm³/mol. The number of furan rings is 1. The van der Waals surface area contributed by atoms with Gasteiger partial charge in [0, 0.05) is 39.0 Å². The number of aryl methyl sites for hydroxylation is 2. The summed E-state index contributed by atoms with van der Waals surface area (Å²) < 4.78 is 10.5. The van der Waals surface area contributed by atoms with Gasteiger partial charge >= 0.3 is 0 Å². The van der Waals surface area contributed by atoms with Crippen LogP contribution in [-0.4, -0.2) is 55.5 Å². The lowest BCUT2D eigenvalue weighted by Crippen LogP contribution is -2.48. The first kappa shape index (κ1) is 18.5. The minimum absolute atomic E-state index is 0.235. The number of amides is 1. The van der Waals surface area contributed by atoms with Gasteiger partial charge in [-0.2, -0.15) is 0 Å². The van der Waals surface area contributed by atoms with Crippen LogP contribution in [0.5, 0.6) is 5.75 Å². The summed E-state index contributed by atoms with van der Waals surface area (Å²) in [5.41, 5.74) is 1.34. The SMILES string of the molecule is COc1ccc(CCCN2CCN(C(=O)CCc3ccco3)CC2)cc1. The van der Waals surface area contributed by atoms with Crippen molar-refractivity contribution in [1.29, 1.82) is 0 Å². The van der Waals surface area contributed by atoms with Crippen molar-refractivity contribution in [3.8, 4) is 5.75 Å². The highest BCUT2D eigenvalue weighted by Crippen LogP contribution is 2.13. The number of benzene rings is 1. The number of carbonyl (C=O) groups excluding carboxylic acids is 1. The summed E-state index contributed by atoms with van der Waals surface area (Å²) in [6.07, 6.45) is 5.09. The third kappa shape index (κ3) is 5.36. The standard InChI is InChI=1S/C21H28N2O3/c1-25-19-8-6-18(7-9-19)4-2-12-22-13-15-23(16-14-22)21(24)11-10-20-5-3-17-26-20/h3,5-9,17H,2,4,10-16H2,1H3. The number of hydrogen-bond donors (Lipinski definition) is 0. The van der Waals surface area contributed by atoms with Crippen LogP contribution < -0.4 is 4.74 Å². The molecular weight excluding hydrogens is 328 g/mol. The van der Waals surface area contributed by atoms with Crippen molar-refractivity contribution in [1.82, 2.24) is 9.80 Å². The first-order valence-electron chi connectivity index (χ1n) is 9.40. The monoisotopic (exact) mass is 356 g/mol. The molecule has 1 aliphatic rings. The lowest BCUT2D eigenvalue weighted by atomic mass is 10.1. The maximum absolute atomic E-state index is 12.3. The Hall–Kier alpha value is -2.27. The van der Waals surface area contributed by atoms with Crippen molar-refractivity contribution >= 4 is 5.91 Å². The summed E-state index contributed by atoms with van der Waals surface area (Å²) in [5, 5.41) is 0. The van der Waals surface area contributed by atoms with Crippen molar-refractivity contribution in [2.45, 2.75) is 25.7 Å². The second-order valence-corrected chi connectivity index (χ2v) is 6.75. The topological polar surface area (TPSA) is 45.9 Å². The number of hydrogen-bond acceptors (Lipinski definition) is 4. The lowest BCUT2D eigenvalue weighted by molar-refractivity contribution is -0.133. The van der Waals surface area contributed by atoms with E-state index in [1.807, 2.05) is 29.2 Å². The molecule has 0 saturated carbocycles. The minimum Gasteiger partial charge on any atom is -0.497 e. The molecule has 0 unspecified atom stereocenters. The molecule has 1 aliphatic heterocycles. The van der Waals surface area contributed by atoms with Gasteiger partial charge in [-0.15, -0.1) is 0 Å². The molecule has 0 bridgehead atoms. The number of ether oxygens (including phenoxy) is 1. The van der Waals surface area contributed by atoms with E-state index in [-0.39, 0.29) is 5.91 Å². The number of piperazine rings is 1. The van der Waals surface area contributed by atoms with Crippen LogP contribution in [0, 0.1) is 0 Å². The molecule has 2 heterocycles. The Kier molecular flexibility index (Phi) is 6.72. The van der Waals surface area contributed by atoms with E-state index in [4.69, 9.17) is 9.15 Å². The molecule has 1 aromatic heterocycles. The van der Waals surface area contributed by atoms with Crippen molar-refractivity contribution in [3.05, 3.63) is 54.0 Å². The molecule has 5 nitrogen and oxygen atoms in total. The van der Waals surface area contributed by atoms with Crippen LogP contribution in [-0.2, 0) is 17.6 Å². The molecule has 3 rings (SSSR count). The van der Waals surface area contributed by atoms with Crippen molar-refractivity contribution in [2.75, 3.05) is 39.8 Å². The van der Waals surface area contributed by atoms with Crippen LogP contribution in [0.3, 0.4) is 0 Å². The van der Waals surface area contributed by atoms with Crippen LogP contribution >= 0.6 is 0 Å². The summed E-state index contributed by atoms with van der Waals surface area (Å²) in [7, 11) is 1.69. The molecule has 5 heteroatoms. The number of nitrogens with zero attached hydrogens (tertiary/aromatic N) is 2. The van der Waals surface area contributed by atoms with E-state index in [1.54, 1.807) is 13.4 Å². The average Bonchev–Trinajstić information content (AvgIpc) is 3.21. The highest BCUT2D eigenvalue weighted by atomic mass is 16.5. The van der Waals surface area contributed by atoms with Crippen molar-refractivity contribution < 1.29 is 13.9 Å². The minimum atomic E-state index is 0.235. The van der Waals surface area contributed by atoms with Gasteiger partial charge in [-0.25, -0.2) is 0 Å². The van der Waals surface area contributed by atoms with Gasteiger partial charge in [-0.3, -0.25) is 9.69 Å². The molecule has 2 aromatic rings. The molecule has 0 aliphatic carbocycles. The van der Waals surface area contributed by atoms with E-state index >= 15 is 0 Å². The molecule has 1 amide bonds. The first-order chi connectivity index (χ1) is 12.7. The van der Waals surface area contributed by atoms with Crippen LogP contribution in [0.25, 0.3) is 0 Å². The third-order valence-electron chi connectivity index (χ3n) is 4.99. The zero-order valence-corrected chi connectivity index (χ0v) is 15.5. The van der Waals surface area contributed by atoms with Gasteiger partial charge < -0.3 is 14.1 Å². The summed E-state index contributed by atoms with van der Waals surface area (Å²) in [6.45, 7) is 4.68. The Morgan fingerprint density at radius 1 is 1.08 bits per heavy atom. The van der Waals surface area contributed by atoms with Crippen molar-refractivity contribution in [2.24, 2.45) is 0 Å². The summed E-state index contributed by atoms with van der Waals surface area (Å²) >= 11 is 0. The fourth-order valence-corrected chi connectivity index (χ4v) is 3.36. The van der Waals surface area contributed by atoms with Gasteiger partial charge in [0.1, 0.15) is 11.5 Å². The van der Waals surface area contributed by atoms with Gasteiger partial charge in [0.15, 0.2) is 0 Å². The van der Waals surface area contributed by atoms with E-state index in [2.05, 4.69) is 17.0 Å². The molecule has 0 N–H and O–H groups in total. The highest BCUT2D eigenvalue weighted by molar-refractivity contribution is 5.76. The normalized spacial score (nSPS) is 15.2. The van der Waals surface area contributed by atoms with E-state index in [9.17, 15) is 4.79 Å². The Labute approximate surface area is 155 Å². The molecule has 0 atom stereocenters. The van der Waals surface area contributed by atoms with Crippen LogP contribution in [0.4, 0.5) is 0 Å². The van der Waals surface area contributed by atoms with Crippen LogP contribution in [0.2, 0.25) is 0 Å². The predicted octanol–water partition coefficient (Wildman–Crippen LogP) is 3.00. The smallest absolute Gasteiger partial charge is 0.223 e. The molecule has 1 saturated heterocycles. The fraction of sp³-hybridized carbons (Fsp3) is 0.476. The zero-order chi connectivity index (χ0) is 18.2. The van der Waals surface area contributed by atoms with Gasteiger partial charge in [0.25, 0.3) is 0 Å². The second kappa shape index (κ2) is 9.43. The summed E-state index contributed by atoms with van der Waals surface area (Å²) in [5.74, 6) is 2.02. The number of methoxy groups -OCH3 is 1. The summed E-state index contributed by atoms with van der Waals surface area (Å²) in [6, 6.07) is 12.1. The average molecular weight is 356 g/mol. The maximum atomic E-state index is 12.3. The Morgan fingerprint density at radius 3 is 2.50 bits per heavy atom. The first-order valence-corrected chi connectivity index (χ1v) is 9.40. The largest absolute Gasteiger partial charge is 0.497 e. The van der Waals surface area contributed by atoms with Gasteiger partial charge in [0.2, 0.25) is 5.91 Å². The van der Waals surface area contributed by atoms with E-state index in [1.165, 1.54) is 5.56 Å². The quantitative estimate of drug-likeness (QED) is 0.729.